The van der Waals surface area contributed by atoms with Crippen molar-refractivity contribution in [1.29, 1.82) is 0 Å². The molecule has 1 spiro atoms. The number of fused-ring (bicyclic) bond motifs is 2. The van der Waals surface area contributed by atoms with Crippen LogP contribution in [0, 0.1) is 70.5 Å². The van der Waals surface area contributed by atoms with Crippen LogP contribution in [0.4, 0.5) is 0 Å². The molecule has 4 bridgehead atoms. The van der Waals surface area contributed by atoms with Crippen LogP contribution in [0.3, 0.4) is 0 Å². The van der Waals surface area contributed by atoms with E-state index in [0.717, 1.165) is 29.6 Å². The molecular weight excluding hydrogens is 672 g/mol. The van der Waals surface area contributed by atoms with Crippen molar-refractivity contribution >= 4 is 11.8 Å². The van der Waals surface area contributed by atoms with Crippen LogP contribution < -0.4 is 10.6 Å². The Balaban J connectivity index is 0.662. The van der Waals surface area contributed by atoms with Crippen molar-refractivity contribution in [2.24, 2.45) is 70.5 Å². The van der Waals surface area contributed by atoms with Crippen LogP contribution in [0.2, 0.25) is 0 Å². The Morgan fingerprint density at radius 3 is 1.92 bits per heavy atom. The van der Waals surface area contributed by atoms with E-state index in [1.165, 1.54) is 51.4 Å². The molecule has 12 atom stereocenters. The van der Waals surface area contributed by atoms with Gasteiger partial charge in [-0.05, 0) is 175 Å². The molecule has 298 valence electrons. The zero-order chi connectivity index (χ0) is 37.2. The van der Waals surface area contributed by atoms with Gasteiger partial charge in [0.2, 0.25) is 11.8 Å². The number of rotatable bonds is 13. The van der Waals surface area contributed by atoms with E-state index in [1.807, 2.05) is 13.8 Å². The molecule has 53 heavy (non-hydrogen) atoms. The molecule has 12 unspecified atom stereocenters. The van der Waals surface area contributed by atoms with Gasteiger partial charge < -0.3 is 20.8 Å². The van der Waals surface area contributed by atoms with Crippen LogP contribution in [-0.4, -0.2) is 56.9 Å². The molecular formula is C43H68N2O8. The fourth-order valence-electron chi connectivity index (χ4n) is 14.1. The van der Waals surface area contributed by atoms with Gasteiger partial charge in [0, 0.05) is 45.1 Å². The molecule has 10 heteroatoms. The number of amides is 2. The summed E-state index contributed by atoms with van der Waals surface area (Å²) in [4.78, 5) is 50.4. The van der Waals surface area contributed by atoms with Crippen molar-refractivity contribution in [3.63, 3.8) is 0 Å². The normalized spacial score (nSPS) is 51.7. The lowest BCUT2D eigenvalue weighted by molar-refractivity contribution is -0.475. The number of carbonyl (C=O) groups is 2. The van der Waals surface area contributed by atoms with Crippen molar-refractivity contribution in [1.82, 2.24) is 10.6 Å². The molecule has 0 aromatic heterocycles. The van der Waals surface area contributed by atoms with E-state index in [-0.39, 0.29) is 34.9 Å². The van der Waals surface area contributed by atoms with Crippen molar-refractivity contribution in [3.8, 4) is 0 Å². The lowest BCUT2D eigenvalue weighted by Gasteiger charge is -2.48. The molecule has 0 radical (unpaired) electrons. The minimum atomic E-state index is -1.31. The van der Waals surface area contributed by atoms with Crippen molar-refractivity contribution in [3.05, 3.63) is 0 Å². The molecule has 4 N–H and O–H groups in total. The number of hydrogen-bond acceptors (Lipinski definition) is 8. The first-order valence-electron chi connectivity index (χ1n) is 21.8. The van der Waals surface area contributed by atoms with Gasteiger partial charge in [0.1, 0.15) is 11.2 Å². The summed E-state index contributed by atoms with van der Waals surface area (Å²) in [5.74, 6) is 4.04. The summed E-state index contributed by atoms with van der Waals surface area (Å²) < 4.78 is 0. The second kappa shape index (κ2) is 12.9. The monoisotopic (exact) mass is 740 g/mol. The van der Waals surface area contributed by atoms with E-state index in [2.05, 4.69) is 31.4 Å². The van der Waals surface area contributed by atoms with Crippen LogP contribution in [0.5, 0.6) is 0 Å². The van der Waals surface area contributed by atoms with Crippen LogP contribution in [0.25, 0.3) is 0 Å². The van der Waals surface area contributed by atoms with Crippen LogP contribution in [-0.2, 0) is 29.1 Å². The van der Waals surface area contributed by atoms with Gasteiger partial charge in [0.15, 0.2) is 11.6 Å². The van der Waals surface area contributed by atoms with E-state index < -0.39 is 17.1 Å². The van der Waals surface area contributed by atoms with Crippen LogP contribution in [0.1, 0.15) is 150 Å². The highest BCUT2D eigenvalue weighted by Gasteiger charge is 2.80. The molecule has 0 aromatic rings. The van der Waals surface area contributed by atoms with E-state index in [0.29, 0.717) is 99.8 Å². The molecule has 0 aliphatic heterocycles. The summed E-state index contributed by atoms with van der Waals surface area (Å²) in [7, 11) is 0. The smallest absolute Gasteiger partial charge is 0.220 e. The van der Waals surface area contributed by atoms with Gasteiger partial charge in [-0.1, -0.05) is 6.92 Å². The van der Waals surface area contributed by atoms with Crippen molar-refractivity contribution in [2.75, 3.05) is 6.54 Å². The maximum absolute atomic E-state index is 13.1. The molecule has 0 heterocycles. The maximum Gasteiger partial charge on any atom is 0.220 e. The van der Waals surface area contributed by atoms with Gasteiger partial charge in [0.05, 0.1) is 5.54 Å². The van der Waals surface area contributed by atoms with E-state index in [9.17, 15) is 19.8 Å². The third kappa shape index (κ3) is 6.53. The van der Waals surface area contributed by atoms with Gasteiger partial charge in [-0.2, -0.15) is 0 Å². The van der Waals surface area contributed by atoms with Crippen molar-refractivity contribution < 1.29 is 39.4 Å². The zero-order valence-electron chi connectivity index (χ0n) is 33.1. The zero-order valence-corrected chi connectivity index (χ0v) is 33.1. The first-order valence-corrected chi connectivity index (χ1v) is 21.8. The Morgan fingerprint density at radius 1 is 0.698 bits per heavy atom. The molecule has 9 saturated carbocycles. The van der Waals surface area contributed by atoms with E-state index >= 15 is 0 Å². The second-order valence-corrected chi connectivity index (χ2v) is 21.6. The molecule has 0 saturated heterocycles. The highest BCUT2D eigenvalue weighted by Crippen LogP contribution is 2.84. The summed E-state index contributed by atoms with van der Waals surface area (Å²) in [6.07, 6.45) is 15.6. The summed E-state index contributed by atoms with van der Waals surface area (Å²) in [6.45, 7) is 10.9. The molecule has 9 aliphatic rings. The Bertz CT molecular complexity index is 1430. The fourth-order valence-corrected chi connectivity index (χ4v) is 14.1. The SMILES string of the molecule is CC1CC2CC3CC(CC23)C1(C)OOC1(O)CCC(CC(=O)NC(C)(C)CNC(=O)CC2CCC(O)(OOC3(C)C4CC5CC6(CC63)C5C4)CC2)CC1. The first kappa shape index (κ1) is 37.3. The Labute approximate surface area is 316 Å². The standard InChI is InChI=1S/C43H68N2O8/c1-25-14-28-17-29-18-31(20-33(28)29)39(25,4)50-52-42(48)12-8-27(9-13-42)16-37(47)45-38(2,3)24-44-36(46)15-26-6-10-43(49,11-7-26)53-51-40(5)32-19-30-22-41(23-35(40)41)34(30)21-32/h25-35,48-49H,6-24H2,1-5H3,(H,44,46)(H,45,47). The van der Waals surface area contributed by atoms with Crippen molar-refractivity contribution in [2.45, 2.75) is 179 Å². The third-order valence-corrected chi connectivity index (χ3v) is 17.8. The number of hydrogen-bond donors (Lipinski definition) is 4. The van der Waals surface area contributed by atoms with Gasteiger partial charge in [-0.15, -0.1) is 0 Å². The summed E-state index contributed by atoms with van der Waals surface area (Å²) in [5, 5.41) is 28.8. The molecule has 9 aliphatic carbocycles. The maximum atomic E-state index is 13.1. The largest absolute Gasteiger partial charge is 0.363 e. The summed E-state index contributed by atoms with van der Waals surface area (Å²) in [5.41, 5.74) is -0.736. The summed E-state index contributed by atoms with van der Waals surface area (Å²) in [6, 6.07) is 0. The predicted molar refractivity (Wildman–Crippen MR) is 196 cm³/mol. The number of aliphatic hydroxyl groups is 2. The van der Waals surface area contributed by atoms with E-state index in [1.54, 1.807) is 0 Å². The molecule has 10 nitrogen and oxygen atoms in total. The Kier molecular flexibility index (Phi) is 9.04. The third-order valence-electron chi connectivity index (χ3n) is 17.8. The molecule has 9 fully saturated rings. The highest BCUT2D eigenvalue weighted by atomic mass is 17.2. The average Bonchev–Trinajstić information content (AvgIpc) is 3.71. The number of carbonyl (C=O) groups excluding carboxylic acids is 2. The van der Waals surface area contributed by atoms with Crippen LogP contribution in [0.15, 0.2) is 0 Å². The minimum absolute atomic E-state index is 0.0334. The van der Waals surface area contributed by atoms with Gasteiger partial charge in [0.25, 0.3) is 0 Å². The molecule has 2 amide bonds. The Morgan fingerprint density at radius 2 is 1.26 bits per heavy atom. The van der Waals surface area contributed by atoms with Crippen LogP contribution >= 0.6 is 0 Å². The molecule has 9 rings (SSSR count). The fraction of sp³-hybridized carbons (Fsp3) is 0.953. The van der Waals surface area contributed by atoms with Gasteiger partial charge in [-0.25, -0.2) is 19.6 Å². The number of nitrogens with one attached hydrogen (secondary N) is 2. The predicted octanol–water partition coefficient (Wildman–Crippen LogP) is 6.72. The van der Waals surface area contributed by atoms with Gasteiger partial charge >= 0.3 is 0 Å². The van der Waals surface area contributed by atoms with Gasteiger partial charge in [-0.3, -0.25) is 9.59 Å². The topological polar surface area (TPSA) is 136 Å². The Hall–Kier alpha value is -1.30. The average molecular weight is 741 g/mol. The minimum Gasteiger partial charge on any atom is -0.363 e. The summed E-state index contributed by atoms with van der Waals surface area (Å²) >= 11 is 0. The highest BCUT2D eigenvalue weighted by molar-refractivity contribution is 5.78. The lowest BCUT2D eigenvalue weighted by Crippen LogP contribution is -2.52. The molecule has 0 aromatic carbocycles. The lowest BCUT2D eigenvalue weighted by atomic mass is 9.60. The van der Waals surface area contributed by atoms with E-state index in [4.69, 9.17) is 19.6 Å². The second-order valence-electron chi connectivity index (χ2n) is 21.6. The quantitative estimate of drug-likeness (QED) is 0.0930. The first-order chi connectivity index (χ1) is 25.0.